The predicted octanol–water partition coefficient (Wildman–Crippen LogP) is 0.842. The number of aryl methyl sites for hydroxylation is 1. The summed E-state index contributed by atoms with van der Waals surface area (Å²) in [5, 5.41) is 11.8. The van der Waals surface area contributed by atoms with Crippen LogP contribution in [0.3, 0.4) is 0 Å². The minimum absolute atomic E-state index is 0.0161. The smallest absolute Gasteiger partial charge is 0.340 e. The van der Waals surface area contributed by atoms with Gasteiger partial charge in [0.25, 0.3) is 0 Å². The summed E-state index contributed by atoms with van der Waals surface area (Å²) in [6.07, 6.45) is 1.14. The summed E-state index contributed by atoms with van der Waals surface area (Å²) >= 11 is 0.936. The number of carbonyl (C=O) groups is 2. The van der Waals surface area contributed by atoms with Crippen LogP contribution < -0.4 is 11.1 Å². The maximum absolute atomic E-state index is 11.8. The number of amides is 1. The molecule has 0 radical (unpaired) electrons. The first-order valence-electron chi connectivity index (χ1n) is 5.72. The normalized spacial score (nSPS) is 12.2. The van der Waals surface area contributed by atoms with Gasteiger partial charge in [-0.1, -0.05) is 0 Å². The lowest BCUT2D eigenvalue weighted by Gasteiger charge is -2.11. The van der Waals surface area contributed by atoms with Crippen LogP contribution in [0.5, 0.6) is 0 Å². The third-order valence-corrected chi connectivity index (χ3v) is 3.37. The van der Waals surface area contributed by atoms with Crippen molar-refractivity contribution in [1.82, 2.24) is 4.37 Å². The van der Waals surface area contributed by atoms with Crippen LogP contribution in [0.1, 0.15) is 28.9 Å². The molecular weight excluding hydrogens is 270 g/mol. The first-order valence-corrected chi connectivity index (χ1v) is 6.49. The number of rotatable bonds is 7. The van der Waals surface area contributed by atoms with E-state index < -0.39 is 17.9 Å². The molecule has 19 heavy (non-hydrogen) atoms. The quantitative estimate of drug-likeness (QED) is 0.640. The van der Waals surface area contributed by atoms with Crippen LogP contribution >= 0.6 is 11.5 Å². The maximum Gasteiger partial charge on any atom is 0.340 e. The number of hydrogen-bond acceptors (Lipinski definition) is 6. The second-order valence-electron chi connectivity index (χ2n) is 4.01. The number of anilines is 1. The molecule has 0 saturated carbocycles. The Balaban J connectivity index is 2.64. The Morgan fingerprint density at radius 1 is 1.58 bits per heavy atom. The fourth-order valence-corrected chi connectivity index (χ4v) is 2.28. The van der Waals surface area contributed by atoms with Gasteiger partial charge in [0.1, 0.15) is 10.6 Å². The summed E-state index contributed by atoms with van der Waals surface area (Å²) in [5.74, 6) is -1.53. The molecule has 8 heteroatoms. The first-order chi connectivity index (χ1) is 8.97. The maximum atomic E-state index is 11.8. The highest BCUT2D eigenvalue weighted by molar-refractivity contribution is 7.11. The molecule has 4 N–H and O–H groups in total. The number of methoxy groups -OCH3 is 1. The fourth-order valence-electron chi connectivity index (χ4n) is 1.49. The summed E-state index contributed by atoms with van der Waals surface area (Å²) in [6.45, 7) is 2.11. The highest BCUT2D eigenvalue weighted by Gasteiger charge is 2.21. The summed E-state index contributed by atoms with van der Waals surface area (Å²) in [6, 6.07) is -0.695. The third kappa shape index (κ3) is 4.27. The van der Waals surface area contributed by atoms with Crippen molar-refractivity contribution in [2.24, 2.45) is 5.73 Å². The van der Waals surface area contributed by atoms with Crippen molar-refractivity contribution in [1.29, 1.82) is 0 Å². The molecular formula is C11H17N3O4S. The Labute approximate surface area is 114 Å². The number of hydrogen-bond donors (Lipinski definition) is 3. The van der Waals surface area contributed by atoms with Crippen molar-refractivity contribution >= 4 is 28.4 Å². The number of ether oxygens (including phenoxy) is 1. The molecule has 1 rings (SSSR count). The minimum atomic E-state index is -1.12. The van der Waals surface area contributed by atoms with E-state index in [0.717, 1.165) is 11.5 Å². The highest BCUT2D eigenvalue weighted by Crippen LogP contribution is 2.24. The molecule has 1 atom stereocenters. The fraction of sp³-hybridized carbons (Fsp3) is 0.545. The van der Waals surface area contributed by atoms with E-state index in [1.54, 1.807) is 14.0 Å². The number of carboxylic acids is 1. The molecule has 0 spiro atoms. The number of carbonyl (C=O) groups excluding carboxylic acids is 1. The number of nitrogens with two attached hydrogens (primary N) is 1. The molecule has 0 saturated heterocycles. The van der Waals surface area contributed by atoms with E-state index in [9.17, 15) is 9.59 Å². The second-order valence-corrected chi connectivity index (χ2v) is 4.78. The lowest BCUT2D eigenvalue weighted by Crippen LogP contribution is -2.35. The molecule has 7 nitrogen and oxygen atoms in total. The topological polar surface area (TPSA) is 115 Å². The monoisotopic (exact) mass is 287 g/mol. The zero-order valence-corrected chi connectivity index (χ0v) is 11.6. The van der Waals surface area contributed by atoms with Crippen LogP contribution in [-0.2, 0) is 9.53 Å². The number of carboxylic acid groups (broad SMARTS) is 1. The van der Waals surface area contributed by atoms with Gasteiger partial charge >= 0.3 is 5.97 Å². The van der Waals surface area contributed by atoms with E-state index in [0.29, 0.717) is 25.1 Å². The molecule has 0 aliphatic heterocycles. The van der Waals surface area contributed by atoms with Crippen molar-refractivity contribution in [2.75, 3.05) is 19.0 Å². The van der Waals surface area contributed by atoms with Crippen molar-refractivity contribution in [3.63, 3.8) is 0 Å². The van der Waals surface area contributed by atoms with Gasteiger partial charge in [-0.15, -0.1) is 0 Å². The Bertz CT molecular complexity index is 461. The van der Waals surface area contributed by atoms with Gasteiger partial charge in [-0.05, 0) is 31.3 Å². The van der Waals surface area contributed by atoms with E-state index in [-0.39, 0.29) is 10.6 Å². The molecule has 1 heterocycles. The van der Waals surface area contributed by atoms with Crippen molar-refractivity contribution in [2.45, 2.75) is 25.8 Å². The summed E-state index contributed by atoms with van der Waals surface area (Å²) in [7, 11) is 1.57. The third-order valence-electron chi connectivity index (χ3n) is 2.51. The van der Waals surface area contributed by atoms with Crippen molar-refractivity contribution in [3.05, 3.63) is 11.3 Å². The second kappa shape index (κ2) is 7.17. The first kappa shape index (κ1) is 15.5. The Hall–Kier alpha value is -1.51. The highest BCUT2D eigenvalue weighted by atomic mass is 32.1. The van der Waals surface area contributed by atoms with Gasteiger partial charge in [0, 0.05) is 13.7 Å². The van der Waals surface area contributed by atoms with Crippen LogP contribution in [0, 0.1) is 6.92 Å². The largest absolute Gasteiger partial charge is 0.478 e. The average molecular weight is 287 g/mol. The molecule has 1 unspecified atom stereocenters. The van der Waals surface area contributed by atoms with Crippen molar-refractivity contribution < 1.29 is 19.4 Å². The van der Waals surface area contributed by atoms with Crippen molar-refractivity contribution in [3.8, 4) is 0 Å². The Kier molecular flexibility index (Phi) is 5.87. The lowest BCUT2D eigenvalue weighted by atomic mass is 10.1. The van der Waals surface area contributed by atoms with E-state index in [2.05, 4.69) is 9.69 Å². The number of nitrogens with one attached hydrogen (secondary N) is 1. The molecule has 0 aromatic carbocycles. The molecule has 106 valence electrons. The number of nitrogens with zero attached hydrogens (tertiary/aromatic N) is 1. The molecule has 0 aliphatic rings. The van der Waals surface area contributed by atoms with Gasteiger partial charge in [0.15, 0.2) is 0 Å². The standard InChI is InChI=1S/C11H17N3O4S/c1-6-8(11(16)17)10(19-14-6)13-9(15)7(12)4-3-5-18-2/h7H,3-5,12H2,1-2H3,(H,13,15)(H,16,17). The van der Waals surface area contributed by atoms with Crippen LogP contribution in [0.25, 0.3) is 0 Å². The van der Waals surface area contributed by atoms with Crippen LogP contribution in [0.15, 0.2) is 0 Å². The van der Waals surface area contributed by atoms with E-state index in [1.807, 2.05) is 0 Å². The van der Waals surface area contributed by atoms with Gasteiger partial charge in [0.05, 0.1) is 11.7 Å². The van der Waals surface area contributed by atoms with Gasteiger partial charge in [0.2, 0.25) is 5.91 Å². The van der Waals surface area contributed by atoms with Crippen LogP contribution in [0.2, 0.25) is 0 Å². The average Bonchev–Trinajstić information content (AvgIpc) is 2.70. The van der Waals surface area contributed by atoms with Gasteiger partial charge in [-0.2, -0.15) is 4.37 Å². The Morgan fingerprint density at radius 2 is 2.26 bits per heavy atom. The zero-order valence-electron chi connectivity index (χ0n) is 10.8. The zero-order chi connectivity index (χ0) is 14.4. The predicted molar refractivity (Wildman–Crippen MR) is 71.5 cm³/mol. The van der Waals surface area contributed by atoms with Crippen LogP contribution in [-0.4, -0.2) is 41.1 Å². The van der Waals surface area contributed by atoms with E-state index in [1.165, 1.54) is 0 Å². The Morgan fingerprint density at radius 3 is 2.84 bits per heavy atom. The molecule has 1 aromatic rings. The molecule has 1 amide bonds. The SMILES string of the molecule is COCCCC(N)C(=O)Nc1snc(C)c1C(=O)O. The van der Waals surface area contributed by atoms with Gasteiger partial charge < -0.3 is 20.9 Å². The molecule has 0 fully saturated rings. The minimum Gasteiger partial charge on any atom is -0.478 e. The molecule has 0 aliphatic carbocycles. The lowest BCUT2D eigenvalue weighted by molar-refractivity contribution is -0.117. The summed E-state index contributed by atoms with van der Waals surface area (Å²) in [5.41, 5.74) is 6.10. The van der Waals surface area contributed by atoms with Gasteiger partial charge in [-0.25, -0.2) is 4.79 Å². The number of aromatic nitrogens is 1. The molecule has 1 aromatic heterocycles. The number of aromatic carboxylic acids is 1. The van der Waals surface area contributed by atoms with Gasteiger partial charge in [-0.3, -0.25) is 4.79 Å². The summed E-state index contributed by atoms with van der Waals surface area (Å²) in [4.78, 5) is 22.8. The molecule has 0 bridgehead atoms. The van der Waals surface area contributed by atoms with Crippen LogP contribution in [0.4, 0.5) is 5.00 Å². The van der Waals surface area contributed by atoms with E-state index in [4.69, 9.17) is 15.6 Å². The van der Waals surface area contributed by atoms with E-state index >= 15 is 0 Å². The summed E-state index contributed by atoms with van der Waals surface area (Å²) < 4.78 is 8.78.